The number of nitrogens with zero attached hydrogens (tertiary/aromatic N) is 1. The first-order valence-electron chi connectivity index (χ1n) is 12.5. The molecule has 0 unspecified atom stereocenters. The Bertz CT molecular complexity index is 1140. The third kappa shape index (κ3) is 6.39. The number of benzene rings is 2. The summed E-state index contributed by atoms with van der Waals surface area (Å²) in [5, 5.41) is 8.37. The molecule has 0 saturated heterocycles. The monoisotopic (exact) mass is 476 g/mol. The van der Waals surface area contributed by atoms with E-state index in [0.717, 1.165) is 42.2 Å². The van der Waals surface area contributed by atoms with Crippen LogP contribution in [0.15, 0.2) is 54.7 Å². The number of rotatable bonds is 10. The summed E-state index contributed by atoms with van der Waals surface area (Å²) in [6.45, 7) is 8.27. The second-order valence-electron chi connectivity index (χ2n) is 8.84. The highest BCUT2D eigenvalue weighted by molar-refractivity contribution is 7.80. The van der Waals surface area contributed by atoms with Crippen LogP contribution in [0.2, 0.25) is 0 Å². The van der Waals surface area contributed by atoms with Gasteiger partial charge in [-0.15, -0.1) is 0 Å². The highest BCUT2D eigenvalue weighted by Gasteiger charge is 2.16. The summed E-state index contributed by atoms with van der Waals surface area (Å²) >= 11 is 5.56. The van der Waals surface area contributed by atoms with Gasteiger partial charge in [-0.25, -0.2) is 0 Å². The maximum atomic E-state index is 5.58. The Kier molecular flexibility index (Phi) is 8.61. The van der Waals surface area contributed by atoms with Gasteiger partial charge in [0.15, 0.2) is 5.11 Å². The van der Waals surface area contributed by atoms with Crippen molar-refractivity contribution in [3.63, 3.8) is 0 Å². The Balaban J connectivity index is 1.40. The molecule has 3 N–H and O–H groups in total. The Morgan fingerprint density at radius 3 is 2.68 bits per heavy atom. The molecule has 1 aromatic heterocycles. The molecule has 3 aromatic rings. The topological polar surface area (TPSA) is 52.3 Å². The van der Waals surface area contributed by atoms with Gasteiger partial charge in [-0.05, 0) is 74.4 Å². The SMILES string of the molecule is CCCCCCN1CC=C(c2c[nH]c3ccc(NC(=S)Nc4cccc(OCC)c4)cc23)CC1. The normalized spacial score (nSPS) is 14.1. The number of anilines is 2. The molecule has 2 heterocycles. The predicted molar refractivity (Wildman–Crippen MR) is 149 cm³/mol. The molecule has 2 aromatic carbocycles. The van der Waals surface area contributed by atoms with E-state index in [9.17, 15) is 0 Å². The van der Waals surface area contributed by atoms with Crippen molar-refractivity contribution in [3.8, 4) is 5.75 Å². The van der Waals surface area contributed by atoms with Gasteiger partial charge in [-0.1, -0.05) is 38.3 Å². The van der Waals surface area contributed by atoms with Crippen molar-refractivity contribution < 1.29 is 4.74 Å². The molecule has 180 valence electrons. The Labute approximate surface area is 208 Å². The molecule has 0 saturated carbocycles. The predicted octanol–water partition coefficient (Wildman–Crippen LogP) is 7.04. The first-order valence-corrected chi connectivity index (χ1v) is 12.9. The van der Waals surface area contributed by atoms with Gasteiger partial charge in [0.25, 0.3) is 0 Å². The molecule has 1 aliphatic rings. The summed E-state index contributed by atoms with van der Waals surface area (Å²) in [4.78, 5) is 6.01. The molecule has 0 aliphatic carbocycles. The van der Waals surface area contributed by atoms with Crippen LogP contribution in [-0.4, -0.2) is 41.2 Å². The van der Waals surface area contributed by atoms with Crippen LogP contribution >= 0.6 is 12.2 Å². The molecule has 6 heteroatoms. The largest absolute Gasteiger partial charge is 0.494 e. The minimum Gasteiger partial charge on any atom is -0.494 e. The smallest absolute Gasteiger partial charge is 0.175 e. The number of H-pyrrole nitrogens is 1. The van der Waals surface area contributed by atoms with Gasteiger partial charge in [0.2, 0.25) is 0 Å². The van der Waals surface area contributed by atoms with Gasteiger partial charge in [0, 0.05) is 53.2 Å². The average molecular weight is 477 g/mol. The lowest BCUT2D eigenvalue weighted by Crippen LogP contribution is -2.29. The number of hydrogen-bond donors (Lipinski definition) is 3. The van der Waals surface area contributed by atoms with Crippen molar-refractivity contribution in [3.05, 3.63) is 60.3 Å². The first-order chi connectivity index (χ1) is 16.7. The van der Waals surface area contributed by atoms with E-state index in [1.54, 1.807) is 0 Å². The number of fused-ring (bicyclic) bond motifs is 1. The zero-order chi connectivity index (χ0) is 23.8. The van der Waals surface area contributed by atoms with E-state index in [1.165, 1.54) is 48.8 Å². The van der Waals surface area contributed by atoms with Crippen LogP contribution in [0.5, 0.6) is 5.75 Å². The van der Waals surface area contributed by atoms with Gasteiger partial charge in [-0.2, -0.15) is 0 Å². The number of unbranched alkanes of at least 4 members (excludes halogenated alkanes) is 3. The van der Waals surface area contributed by atoms with Gasteiger partial charge in [0.05, 0.1) is 6.61 Å². The van der Waals surface area contributed by atoms with Crippen LogP contribution in [0.1, 0.15) is 51.5 Å². The van der Waals surface area contributed by atoms with Gasteiger partial charge in [0.1, 0.15) is 5.75 Å². The van der Waals surface area contributed by atoms with E-state index in [4.69, 9.17) is 17.0 Å². The minimum atomic E-state index is 0.556. The molecular formula is C28H36N4OS. The lowest BCUT2D eigenvalue weighted by atomic mass is 9.98. The lowest BCUT2D eigenvalue weighted by Gasteiger charge is -2.26. The minimum absolute atomic E-state index is 0.556. The number of hydrogen-bond acceptors (Lipinski definition) is 3. The third-order valence-electron chi connectivity index (χ3n) is 6.31. The first kappa shape index (κ1) is 24.3. The highest BCUT2D eigenvalue weighted by Crippen LogP contribution is 2.31. The Morgan fingerprint density at radius 1 is 1.06 bits per heavy atom. The zero-order valence-electron chi connectivity index (χ0n) is 20.3. The van der Waals surface area contributed by atoms with E-state index in [1.807, 2.05) is 31.2 Å². The van der Waals surface area contributed by atoms with Crippen molar-refractivity contribution in [2.75, 3.05) is 36.9 Å². The third-order valence-corrected chi connectivity index (χ3v) is 6.51. The molecule has 34 heavy (non-hydrogen) atoms. The summed E-state index contributed by atoms with van der Waals surface area (Å²) in [6.07, 6.45) is 10.9. The van der Waals surface area contributed by atoms with E-state index in [0.29, 0.717) is 11.7 Å². The lowest BCUT2D eigenvalue weighted by molar-refractivity contribution is 0.294. The Hall–Kier alpha value is -2.83. The number of nitrogens with one attached hydrogen (secondary N) is 3. The van der Waals surface area contributed by atoms with E-state index in [2.05, 4.69) is 57.9 Å². The van der Waals surface area contributed by atoms with Crippen molar-refractivity contribution in [1.82, 2.24) is 9.88 Å². The van der Waals surface area contributed by atoms with Gasteiger partial charge >= 0.3 is 0 Å². The molecule has 0 radical (unpaired) electrons. The maximum Gasteiger partial charge on any atom is 0.175 e. The molecule has 0 bridgehead atoms. The number of thiocarbonyl (C=S) groups is 1. The average Bonchev–Trinajstić information content (AvgIpc) is 3.26. The van der Waals surface area contributed by atoms with Gasteiger partial charge < -0.3 is 20.4 Å². The molecule has 5 nitrogen and oxygen atoms in total. The van der Waals surface area contributed by atoms with E-state index < -0.39 is 0 Å². The number of aromatic nitrogens is 1. The van der Waals surface area contributed by atoms with Crippen molar-refractivity contribution in [1.29, 1.82) is 0 Å². The van der Waals surface area contributed by atoms with Crippen LogP contribution < -0.4 is 15.4 Å². The fourth-order valence-electron chi connectivity index (χ4n) is 4.51. The van der Waals surface area contributed by atoms with Crippen LogP contribution in [0.25, 0.3) is 16.5 Å². The fourth-order valence-corrected chi connectivity index (χ4v) is 4.74. The molecule has 0 spiro atoms. The zero-order valence-corrected chi connectivity index (χ0v) is 21.1. The van der Waals surface area contributed by atoms with Crippen LogP contribution in [0.3, 0.4) is 0 Å². The second-order valence-corrected chi connectivity index (χ2v) is 9.25. The van der Waals surface area contributed by atoms with Gasteiger partial charge in [-0.3, -0.25) is 4.90 Å². The van der Waals surface area contributed by atoms with Crippen molar-refractivity contribution >= 4 is 45.2 Å². The second kappa shape index (κ2) is 12.0. The number of ether oxygens (including phenoxy) is 1. The van der Waals surface area contributed by atoms with Crippen LogP contribution in [0.4, 0.5) is 11.4 Å². The summed E-state index contributed by atoms with van der Waals surface area (Å²) in [6, 6.07) is 14.2. The van der Waals surface area contributed by atoms with Crippen LogP contribution in [0, 0.1) is 0 Å². The molecule has 0 atom stereocenters. The summed E-state index contributed by atoms with van der Waals surface area (Å²) in [7, 11) is 0. The van der Waals surface area contributed by atoms with Crippen molar-refractivity contribution in [2.45, 2.75) is 46.0 Å². The molecule has 0 amide bonds. The summed E-state index contributed by atoms with van der Waals surface area (Å²) < 4.78 is 5.58. The van der Waals surface area contributed by atoms with Crippen molar-refractivity contribution in [2.24, 2.45) is 0 Å². The quantitative estimate of drug-likeness (QED) is 0.216. The standard InChI is InChI=1S/C28H36N4OS/c1-3-5-6-7-15-32-16-13-21(14-17-32)26-20-29-27-12-11-23(19-25(26)27)31-28(34)30-22-9-8-10-24(18-22)33-4-2/h8-13,18-20,29H,3-7,14-17H2,1-2H3,(H2,30,31,34). The summed E-state index contributed by atoms with van der Waals surface area (Å²) in [5.74, 6) is 0.828. The molecule has 1 aliphatic heterocycles. The summed E-state index contributed by atoms with van der Waals surface area (Å²) in [5.41, 5.74) is 5.75. The van der Waals surface area contributed by atoms with E-state index >= 15 is 0 Å². The molecule has 0 fully saturated rings. The maximum absolute atomic E-state index is 5.58. The molecule has 4 rings (SSSR count). The van der Waals surface area contributed by atoms with E-state index in [-0.39, 0.29) is 0 Å². The molecular weight excluding hydrogens is 440 g/mol. The fraction of sp³-hybridized carbons (Fsp3) is 0.393. The number of aromatic amines is 1. The Morgan fingerprint density at radius 2 is 1.91 bits per heavy atom. The van der Waals surface area contributed by atoms with Crippen LogP contribution in [-0.2, 0) is 0 Å². The highest BCUT2D eigenvalue weighted by atomic mass is 32.1.